The molecule has 2 rings (SSSR count). The number of carbonyl (C=O) groups is 1. The van der Waals surface area contributed by atoms with Crippen LogP contribution in [0.2, 0.25) is 0 Å². The summed E-state index contributed by atoms with van der Waals surface area (Å²) in [5.74, 6) is 0. The lowest BCUT2D eigenvalue weighted by Gasteiger charge is -2.36. The molecular weight excluding hydrogens is 290 g/mol. The van der Waals surface area contributed by atoms with E-state index in [1.807, 2.05) is 33.1 Å². The second-order valence-electron chi connectivity index (χ2n) is 6.42. The molecule has 1 heterocycles. The van der Waals surface area contributed by atoms with Crippen molar-refractivity contribution in [3.8, 4) is 0 Å². The van der Waals surface area contributed by atoms with Gasteiger partial charge in [0.15, 0.2) is 0 Å². The molecule has 2 amide bonds. The number of piperazine rings is 1. The van der Waals surface area contributed by atoms with E-state index in [9.17, 15) is 4.79 Å². The summed E-state index contributed by atoms with van der Waals surface area (Å²) in [6.45, 7) is 4.85. The average molecular weight is 319 g/mol. The van der Waals surface area contributed by atoms with Crippen LogP contribution < -0.4 is 15.1 Å². The largest absolute Gasteiger partial charge is 0.378 e. The summed E-state index contributed by atoms with van der Waals surface area (Å²) in [5.41, 5.74) is 2.43. The first kappa shape index (κ1) is 17.4. The number of urea groups is 1. The Hall–Kier alpha value is -1.95. The monoisotopic (exact) mass is 319 g/mol. The van der Waals surface area contributed by atoms with Gasteiger partial charge in [0.05, 0.1) is 0 Å². The van der Waals surface area contributed by atoms with Crippen LogP contribution in [0.3, 0.4) is 0 Å². The van der Waals surface area contributed by atoms with E-state index in [-0.39, 0.29) is 6.03 Å². The molecule has 1 saturated heterocycles. The van der Waals surface area contributed by atoms with Crippen molar-refractivity contribution in [2.75, 3.05) is 77.3 Å². The molecule has 0 atom stereocenters. The number of carbonyl (C=O) groups excluding carboxylic acids is 1. The molecule has 1 aliphatic heterocycles. The van der Waals surface area contributed by atoms with Crippen LogP contribution in [-0.2, 0) is 0 Å². The van der Waals surface area contributed by atoms with Crippen LogP contribution in [0.25, 0.3) is 0 Å². The maximum absolute atomic E-state index is 12.1. The number of nitrogens with one attached hydrogen (secondary N) is 1. The van der Waals surface area contributed by atoms with Crippen molar-refractivity contribution in [1.29, 1.82) is 0 Å². The number of benzene rings is 1. The third-order valence-electron chi connectivity index (χ3n) is 4.13. The summed E-state index contributed by atoms with van der Waals surface area (Å²) in [5, 5.41) is 2.98. The summed E-state index contributed by atoms with van der Waals surface area (Å²) >= 11 is 0. The summed E-state index contributed by atoms with van der Waals surface area (Å²) in [6, 6.07) is 8.63. The van der Waals surface area contributed by atoms with Gasteiger partial charge in [0.1, 0.15) is 0 Å². The van der Waals surface area contributed by atoms with E-state index in [4.69, 9.17) is 0 Å². The van der Waals surface area contributed by atoms with Gasteiger partial charge in [0.2, 0.25) is 0 Å². The smallest absolute Gasteiger partial charge is 0.317 e. The fourth-order valence-electron chi connectivity index (χ4n) is 2.63. The minimum atomic E-state index is 0.0504. The highest BCUT2D eigenvalue weighted by molar-refractivity contribution is 5.74. The first-order valence-corrected chi connectivity index (χ1v) is 8.17. The van der Waals surface area contributed by atoms with Crippen LogP contribution in [0.5, 0.6) is 0 Å². The summed E-state index contributed by atoms with van der Waals surface area (Å²) < 4.78 is 0. The quantitative estimate of drug-likeness (QED) is 0.884. The number of nitrogens with zero attached hydrogens (tertiary/aromatic N) is 4. The predicted octanol–water partition coefficient (Wildman–Crippen LogP) is 1.15. The molecule has 1 aromatic rings. The number of likely N-dealkylation sites (N-methyl/N-ethyl adjacent to an activating group) is 1. The maximum atomic E-state index is 12.1. The lowest BCUT2D eigenvalue weighted by molar-refractivity contribution is 0.193. The van der Waals surface area contributed by atoms with Crippen LogP contribution >= 0.6 is 0 Å². The Labute approximate surface area is 139 Å². The molecule has 1 N–H and O–H groups in total. The minimum absolute atomic E-state index is 0.0504. The van der Waals surface area contributed by atoms with Crippen molar-refractivity contribution in [3.05, 3.63) is 24.3 Å². The van der Waals surface area contributed by atoms with Crippen LogP contribution in [0, 0.1) is 0 Å². The molecule has 128 valence electrons. The number of hydrogen-bond acceptors (Lipinski definition) is 4. The van der Waals surface area contributed by atoms with E-state index >= 15 is 0 Å². The van der Waals surface area contributed by atoms with Crippen LogP contribution in [0.15, 0.2) is 24.3 Å². The second kappa shape index (κ2) is 8.06. The Balaban J connectivity index is 1.80. The fraction of sp³-hybridized carbons (Fsp3) is 0.588. The van der Waals surface area contributed by atoms with Gasteiger partial charge in [-0.1, -0.05) is 0 Å². The van der Waals surface area contributed by atoms with E-state index in [1.54, 1.807) is 0 Å². The van der Waals surface area contributed by atoms with Gasteiger partial charge in [-0.05, 0) is 38.4 Å². The zero-order valence-electron chi connectivity index (χ0n) is 14.7. The van der Waals surface area contributed by atoms with Gasteiger partial charge in [-0.25, -0.2) is 4.79 Å². The molecule has 23 heavy (non-hydrogen) atoms. The number of amides is 2. The Morgan fingerprint density at radius 1 is 1.04 bits per heavy atom. The highest BCUT2D eigenvalue weighted by atomic mass is 16.2. The zero-order valence-corrected chi connectivity index (χ0v) is 14.7. The van der Waals surface area contributed by atoms with Crippen LogP contribution in [0.1, 0.15) is 0 Å². The van der Waals surface area contributed by atoms with Gasteiger partial charge in [-0.3, -0.25) is 0 Å². The van der Waals surface area contributed by atoms with Gasteiger partial charge in [-0.2, -0.15) is 0 Å². The Bertz CT molecular complexity index is 492. The summed E-state index contributed by atoms with van der Waals surface area (Å²) in [7, 11) is 8.10. The van der Waals surface area contributed by atoms with Crippen molar-refractivity contribution in [2.24, 2.45) is 0 Å². The lowest BCUT2D eigenvalue weighted by Crippen LogP contribution is -2.52. The van der Waals surface area contributed by atoms with Crippen molar-refractivity contribution in [2.45, 2.75) is 0 Å². The molecule has 0 saturated carbocycles. The number of rotatable bonds is 5. The summed E-state index contributed by atoms with van der Waals surface area (Å²) in [6.07, 6.45) is 0. The SMILES string of the molecule is CN(C)CCNC(=O)N1CCN(c2ccc(N(C)C)cc2)CC1. The van der Waals surface area contributed by atoms with E-state index in [1.165, 1.54) is 11.4 Å². The van der Waals surface area contributed by atoms with Crippen molar-refractivity contribution in [3.63, 3.8) is 0 Å². The van der Waals surface area contributed by atoms with Crippen LogP contribution in [-0.4, -0.2) is 83.3 Å². The first-order chi connectivity index (χ1) is 11.0. The third-order valence-corrected chi connectivity index (χ3v) is 4.13. The fourth-order valence-corrected chi connectivity index (χ4v) is 2.63. The molecular formula is C17H29N5O. The molecule has 1 aliphatic rings. The highest BCUT2D eigenvalue weighted by Gasteiger charge is 2.20. The molecule has 0 aromatic heterocycles. The molecule has 0 bridgehead atoms. The molecule has 0 radical (unpaired) electrons. The third kappa shape index (κ3) is 5.03. The molecule has 0 aliphatic carbocycles. The van der Waals surface area contributed by atoms with Gasteiger partial charge in [0, 0.05) is 64.7 Å². The lowest BCUT2D eigenvalue weighted by atomic mass is 10.2. The molecule has 1 aromatic carbocycles. The number of anilines is 2. The average Bonchev–Trinajstić information content (AvgIpc) is 2.54. The van der Waals surface area contributed by atoms with Gasteiger partial charge < -0.3 is 24.9 Å². The second-order valence-corrected chi connectivity index (χ2v) is 6.42. The van der Waals surface area contributed by atoms with E-state index in [2.05, 4.69) is 44.3 Å². The summed E-state index contributed by atoms with van der Waals surface area (Å²) in [4.78, 5) is 20.5. The first-order valence-electron chi connectivity index (χ1n) is 8.17. The molecule has 0 spiro atoms. The van der Waals surface area contributed by atoms with E-state index in [0.717, 1.165) is 32.7 Å². The number of hydrogen-bond donors (Lipinski definition) is 1. The van der Waals surface area contributed by atoms with Gasteiger partial charge >= 0.3 is 6.03 Å². The maximum Gasteiger partial charge on any atom is 0.317 e. The van der Waals surface area contributed by atoms with Crippen molar-refractivity contribution >= 4 is 17.4 Å². The molecule has 6 nitrogen and oxygen atoms in total. The van der Waals surface area contributed by atoms with Gasteiger partial charge in [-0.15, -0.1) is 0 Å². The standard InChI is InChI=1S/C17H29N5O/c1-19(2)10-9-18-17(23)22-13-11-21(12-14-22)16-7-5-15(6-8-16)20(3)4/h5-8H,9-14H2,1-4H3,(H,18,23). The minimum Gasteiger partial charge on any atom is -0.378 e. The van der Waals surface area contributed by atoms with Crippen LogP contribution in [0.4, 0.5) is 16.2 Å². The zero-order chi connectivity index (χ0) is 16.8. The Morgan fingerprint density at radius 2 is 1.65 bits per heavy atom. The Kier molecular flexibility index (Phi) is 6.10. The molecule has 1 fully saturated rings. The molecule has 6 heteroatoms. The Morgan fingerprint density at radius 3 is 2.17 bits per heavy atom. The van der Waals surface area contributed by atoms with E-state index < -0.39 is 0 Å². The van der Waals surface area contributed by atoms with E-state index in [0.29, 0.717) is 6.54 Å². The van der Waals surface area contributed by atoms with Crippen molar-refractivity contribution < 1.29 is 4.79 Å². The van der Waals surface area contributed by atoms with Gasteiger partial charge in [0.25, 0.3) is 0 Å². The topological polar surface area (TPSA) is 42.1 Å². The molecule has 0 unspecified atom stereocenters. The van der Waals surface area contributed by atoms with Crippen molar-refractivity contribution in [1.82, 2.24) is 15.1 Å². The normalized spacial score (nSPS) is 15.0. The highest BCUT2D eigenvalue weighted by Crippen LogP contribution is 2.20. The predicted molar refractivity (Wildman–Crippen MR) is 96.5 cm³/mol.